The monoisotopic (exact) mass is 328 g/mol. The fraction of sp³-hybridized carbons (Fsp3) is 0.650. The average Bonchev–Trinajstić information content (AvgIpc) is 3.41. The summed E-state index contributed by atoms with van der Waals surface area (Å²) < 4.78 is 0. The topological polar surface area (TPSA) is 43.8 Å². The molecule has 1 amide bonds. The molecule has 4 nitrogen and oxygen atoms in total. The molecule has 1 aromatic carbocycles. The van der Waals surface area contributed by atoms with Gasteiger partial charge in [0.2, 0.25) is 0 Å². The van der Waals surface area contributed by atoms with Crippen molar-refractivity contribution in [2.45, 2.75) is 50.5 Å². The standard InChI is InChI=1S/C20H28N2O2/c23-19(22-14-4-5-17(15-22)20(24)10-11-20)16-6-8-18(9-7-16)21-12-2-1-3-13-21/h6-9,17,24H,1-5,10-15H2. The molecule has 1 saturated carbocycles. The van der Waals surface area contributed by atoms with Crippen LogP contribution in [0.1, 0.15) is 55.3 Å². The quantitative estimate of drug-likeness (QED) is 0.927. The molecule has 0 aromatic heterocycles. The number of aliphatic hydroxyl groups is 1. The molecule has 3 fully saturated rings. The second-order valence-corrected chi connectivity index (χ2v) is 7.79. The second kappa shape index (κ2) is 6.40. The Morgan fingerprint density at radius 3 is 2.38 bits per heavy atom. The van der Waals surface area contributed by atoms with Crippen molar-refractivity contribution in [1.29, 1.82) is 0 Å². The molecule has 1 aromatic rings. The van der Waals surface area contributed by atoms with Gasteiger partial charge < -0.3 is 14.9 Å². The summed E-state index contributed by atoms with van der Waals surface area (Å²) in [6.45, 7) is 3.78. The highest BCUT2D eigenvalue weighted by molar-refractivity contribution is 5.94. The van der Waals surface area contributed by atoms with Gasteiger partial charge in [0.25, 0.3) is 5.91 Å². The van der Waals surface area contributed by atoms with Crippen LogP contribution in [0.2, 0.25) is 0 Å². The fourth-order valence-electron chi connectivity index (χ4n) is 4.29. The van der Waals surface area contributed by atoms with Crippen molar-refractivity contribution in [2.75, 3.05) is 31.1 Å². The molecule has 24 heavy (non-hydrogen) atoms. The van der Waals surface area contributed by atoms with E-state index >= 15 is 0 Å². The minimum atomic E-state index is -0.475. The number of hydrogen-bond donors (Lipinski definition) is 1. The zero-order valence-electron chi connectivity index (χ0n) is 14.4. The highest BCUT2D eigenvalue weighted by atomic mass is 16.3. The first-order valence-corrected chi connectivity index (χ1v) is 9.52. The van der Waals surface area contributed by atoms with Crippen molar-refractivity contribution in [3.63, 3.8) is 0 Å². The Morgan fingerprint density at radius 2 is 1.71 bits per heavy atom. The van der Waals surface area contributed by atoms with Gasteiger partial charge >= 0.3 is 0 Å². The Balaban J connectivity index is 1.42. The predicted octanol–water partition coefficient (Wildman–Crippen LogP) is 3.05. The first-order chi connectivity index (χ1) is 11.7. The number of carbonyl (C=O) groups is 1. The number of nitrogens with zero attached hydrogens (tertiary/aromatic N) is 2. The van der Waals surface area contributed by atoms with Gasteiger partial charge in [-0.05, 0) is 69.2 Å². The maximum Gasteiger partial charge on any atom is 0.253 e. The maximum absolute atomic E-state index is 12.8. The third-order valence-corrected chi connectivity index (χ3v) is 6.07. The smallest absolute Gasteiger partial charge is 0.253 e. The molecule has 0 spiro atoms. The van der Waals surface area contributed by atoms with Crippen LogP contribution in [-0.2, 0) is 0 Å². The fourth-order valence-corrected chi connectivity index (χ4v) is 4.29. The van der Waals surface area contributed by atoms with Crippen LogP contribution in [0.4, 0.5) is 5.69 Å². The summed E-state index contributed by atoms with van der Waals surface area (Å²) in [6, 6.07) is 8.13. The minimum absolute atomic E-state index is 0.120. The molecule has 2 heterocycles. The van der Waals surface area contributed by atoms with Crippen LogP contribution < -0.4 is 4.90 Å². The summed E-state index contributed by atoms with van der Waals surface area (Å²) >= 11 is 0. The number of likely N-dealkylation sites (tertiary alicyclic amines) is 1. The molecule has 0 bridgehead atoms. The number of anilines is 1. The number of hydrogen-bond acceptors (Lipinski definition) is 3. The van der Waals surface area contributed by atoms with E-state index in [0.29, 0.717) is 6.54 Å². The molecule has 1 N–H and O–H groups in total. The number of benzene rings is 1. The Bertz CT molecular complexity index is 588. The van der Waals surface area contributed by atoms with Gasteiger partial charge in [-0.25, -0.2) is 0 Å². The van der Waals surface area contributed by atoms with Gasteiger partial charge in [0.15, 0.2) is 0 Å². The second-order valence-electron chi connectivity index (χ2n) is 7.79. The van der Waals surface area contributed by atoms with Gasteiger partial charge in [-0.3, -0.25) is 4.79 Å². The molecule has 0 radical (unpaired) electrons. The number of amides is 1. The van der Waals surface area contributed by atoms with Gasteiger partial charge in [-0.1, -0.05) is 0 Å². The van der Waals surface area contributed by atoms with Crippen molar-refractivity contribution in [3.8, 4) is 0 Å². The third kappa shape index (κ3) is 3.16. The lowest BCUT2D eigenvalue weighted by Crippen LogP contribution is -2.44. The van der Waals surface area contributed by atoms with Crippen LogP contribution >= 0.6 is 0 Å². The van der Waals surface area contributed by atoms with Crippen molar-refractivity contribution < 1.29 is 9.90 Å². The lowest BCUT2D eigenvalue weighted by Gasteiger charge is -2.35. The van der Waals surface area contributed by atoms with Crippen LogP contribution in [-0.4, -0.2) is 47.7 Å². The van der Waals surface area contributed by atoms with E-state index in [1.165, 1.54) is 24.9 Å². The molecule has 1 aliphatic carbocycles. The van der Waals surface area contributed by atoms with E-state index in [9.17, 15) is 9.90 Å². The highest BCUT2D eigenvalue weighted by Gasteiger charge is 2.49. The first-order valence-electron chi connectivity index (χ1n) is 9.52. The number of rotatable bonds is 3. The lowest BCUT2D eigenvalue weighted by molar-refractivity contribution is 0.0282. The zero-order chi connectivity index (χ0) is 16.6. The molecule has 2 aliphatic heterocycles. The van der Waals surface area contributed by atoms with Crippen LogP contribution in [0.5, 0.6) is 0 Å². The Kier molecular flexibility index (Phi) is 4.25. The van der Waals surface area contributed by atoms with Crippen LogP contribution in [0, 0.1) is 5.92 Å². The molecule has 3 aliphatic rings. The molecule has 4 heteroatoms. The van der Waals surface area contributed by atoms with Gasteiger partial charge in [-0.15, -0.1) is 0 Å². The van der Waals surface area contributed by atoms with E-state index in [4.69, 9.17) is 0 Å². The van der Waals surface area contributed by atoms with Gasteiger partial charge in [0, 0.05) is 43.3 Å². The van der Waals surface area contributed by atoms with Gasteiger partial charge in [0.1, 0.15) is 0 Å². The van der Waals surface area contributed by atoms with Crippen molar-refractivity contribution in [1.82, 2.24) is 4.90 Å². The number of piperidine rings is 2. The van der Waals surface area contributed by atoms with Crippen LogP contribution in [0.3, 0.4) is 0 Å². The van der Waals surface area contributed by atoms with E-state index in [1.807, 2.05) is 17.0 Å². The van der Waals surface area contributed by atoms with E-state index in [2.05, 4.69) is 17.0 Å². The molecule has 1 unspecified atom stereocenters. The Labute approximate surface area is 144 Å². The molecule has 4 rings (SSSR count). The zero-order valence-corrected chi connectivity index (χ0v) is 14.4. The van der Waals surface area contributed by atoms with Gasteiger partial charge in [0.05, 0.1) is 5.60 Å². The van der Waals surface area contributed by atoms with Crippen molar-refractivity contribution >= 4 is 11.6 Å². The Morgan fingerprint density at radius 1 is 1.00 bits per heavy atom. The summed E-state index contributed by atoms with van der Waals surface area (Å²) in [6.07, 6.45) is 7.72. The van der Waals surface area contributed by atoms with Crippen molar-refractivity contribution in [3.05, 3.63) is 29.8 Å². The van der Waals surface area contributed by atoms with Crippen molar-refractivity contribution in [2.24, 2.45) is 5.92 Å². The van der Waals surface area contributed by atoms with Gasteiger partial charge in [-0.2, -0.15) is 0 Å². The summed E-state index contributed by atoms with van der Waals surface area (Å²) in [5.74, 6) is 0.386. The van der Waals surface area contributed by atoms with Crippen LogP contribution in [0.25, 0.3) is 0 Å². The van der Waals surface area contributed by atoms with Crippen LogP contribution in [0.15, 0.2) is 24.3 Å². The number of carbonyl (C=O) groups excluding carboxylic acids is 1. The maximum atomic E-state index is 12.8. The minimum Gasteiger partial charge on any atom is -0.390 e. The lowest BCUT2D eigenvalue weighted by atomic mass is 9.90. The molecular weight excluding hydrogens is 300 g/mol. The predicted molar refractivity (Wildman–Crippen MR) is 95.3 cm³/mol. The summed E-state index contributed by atoms with van der Waals surface area (Å²) in [5, 5.41) is 10.4. The summed E-state index contributed by atoms with van der Waals surface area (Å²) in [4.78, 5) is 17.2. The molecule has 130 valence electrons. The first kappa shape index (κ1) is 15.9. The molecule has 1 atom stereocenters. The average molecular weight is 328 g/mol. The van der Waals surface area contributed by atoms with E-state index < -0.39 is 5.60 Å². The normalized spacial score (nSPS) is 26.3. The van der Waals surface area contributed by atoms with E-state index in [1.54, 1.807) is 0 Å². The van der Waals surface area contributed by atoms with E-state index in [-0.39, 0.29) is 11.8 Å². The molecular formula is C20H28N2O2. The summed E-state index contributed by atoms with van der Waals surface area (Å²) in [5.41, 5.74) is 1.53. The summed E-state index contributed by atoms with van der Waals surface area (Å²) in [7, 11) is 0. The van der Waals surface area contributed by atoms with E-state index in [0.717, 1.165) is 50.9 Å². The largest absolute Gasteiger partial charge is 0.390 e. The highest BCUT2D eigenvalue weighted by Crippen LogP contribution is 2.45. The molecule has 2 saturated heterocycles. The Hall–Kier alpha value is -1.55. The SMILES string of the molecule is O=C(c1ccc(N2CCCCC2)cc1)N1CCCC(C2(O)CC2)C1. The third-order valence-electron chi connectivity index (χ3n) is 6.07.